The van der Waals surface area contributed by atoms with Gasteiger partial charge in [-0.2, -0.15) is 0 Å². The first-order valence-corrected chi connectivity index (χ1v) is 37.4. The smallest absolute Gasteiger partial charge is 0.161 e. The molecular formula is C90H109NO8. The normalized spacial score (nSPS) is 16.7. The second-order valence-corrected chi connectivity index (χ2v) is 26.3. The van der Waals surface area contributed by atoms with Crippen molar-refractivity contribution in [2.75, 3.05) is 66.0 Å². The fourth-order valence-electron chi connectivity index (χ4n) is 13.5. The van der Waals surface area contributed by atoms with Crippen LogP contribution in [0.3, 0.4) is 0 Å². The van der Waals surface area contributed by atoms with Gasteiger partial charge in [0.05, 0.1) is 52.9 Å². The quantitative estimate of drug-likeness (QED) is 0.149. The van der Waals surface area contributed by atoms with E-state index in [0.29, 0.717) is 0 Å². The third-order valence-electron chi connectivity index (χ3n) is 19.0. The summed E-state index contributed by atoms with van der Waals surface area (Å²) in [5.74, 6) is 4.93. The maximum absolute atomic E-state index is 5.55. The van der Waals surface area contributed by atoms with E-state index in [-0.39, 0.29) is 0 Å². The molecule has 522 valence electrons. The van der Waals surface area contributed by atoms with Crippen molar-refractivity contribution in [3.63, 3.8) is 0 Å². The first-order valence-electron chi connectivity index (χ1n) is 37.4. The van der Waals surface area contributed by atoms with Gasteiger partial charge in [-0.25, -0.2) is 0 Å². The molecule has 2 aliphatic carbocycles. The molecule has 0 saturated carbocycles. The Bertz CT molecular complexity index is 2720. The lowest BCUT2D eigenvalue weighted by molar-refractivity contribution is 0.125. The zero-order valence-corrected chi connectivity index (χ0v) is 59.0. The Kier molecular flexibility index (Phi) is 32.7. The lowest BCUT2D eigenvalue weighted by atomic mass is 10.0. The van der Waals surface area contributed by atoms with Gasteiger partial charge in [0.15, 0.2) is 11.5 Å². The average Bonchev–Trinajstić information content (AvgIpc) is 4.13. The van der Waals surface area contributed by atoms with Crippen molar-refractivity contribution in [3.8, 4) is 28.7 Å². The number of hydrogen-bond donors (Lipinski definition) is 1. The van der Waals surface area contributed by atoms with Gasteiger partial charge in [-0.15, -0.1) is 0 Å². The predicted octanol–water partition coefficient (Wildman–Crippen LogP) is 19.8. The molecule has 9 nitrogen and oxygen atoms in total. The summed E-state index contributed by atoms with van der Waals surface area (Å²) in [6.07, 6.45) is 28.6. The van der Waals surface area contributed by atoms with E-state index >= 15 is 0 Å². The molecular weight excluding hydrogens is 1220 g/mol. The van der Waals surface area contributed by atoms with Crippen molar-refractivity contribution in [1.29, 1.82) is 0 Å². The van der Waals surface area contributed by atoms with Crippen molar-refractivity contribution in [2.24, 2.45) is 0 Å². The molecule has 0 amide bonds. The van der Waals surface area contributed by atoms with Crippen LogP contribution in [-0.2, 0) is 98.2 Å². The third-order valence-corrected chi connectivity index (χ3v) is 19.0. The molecule has 0 bridgehead atoms. The molecule has 0 fully saturated rings. The van der Waals surface area contributed by atoms with Crippen LogP contribution in [0.5, 0.6) is 28.7 Å². The summed E-state index contributed by atoms with van der Waals surface area (Å²) in [6, 6.07) is 76.0. The standard InChI is InChI=1S/2C11H14.5C10H12O.C9H11NO.C9H10O2/c2*1-2-6-10-8-4-5-9-11(10)7-3-1;2*1-2-7-10-9(5-1)6-3-4-8-11-10;2*1-2-5-10-8-11-7-3-6-9(10)4-1;1-2-4-10-6-8-11-7-5-9(10)3-1;1-2-4-9-8(3-1)7-10-5-6-11-9;1-2-5-9-8(4-1)10-6-3-7-11-9/h2*4-5,8-9H,1-3,6-7H2;2*1-2,5,7H,3-4,6,8H2;2*1-2,4-5H,3,6-8H2;1-4H,5-8H2;1-4,10H,5-7H2;1-2,4-5H,3,6-7H2. The topological polar surface area (TPSA) is 85.9 Å². The van der Waals surface area contributed by atoms with E-state index in [1.807, 2.05) is 54.6 Å². The van der Waals surface area contributed by atoms with Crippen LogP contribution in [0.1, 0.15) is 156 Å². The van der Waals surface area contributed by atoms with Crippen molar-refractivity contribution < 1.29 is 37.9 Å². The number of fused-ring (bicyclic) bond motifs is 9. The van der Waals surface area contributed by atoms with Crippen LogP contribution in [-0.4, -0.2) is 66.0 Å². The Labute approximate surface area is 592 Å². The Morgan fingerprint density at radius 2 is 0.455 bits per heavy atom. The fraction of sp³-hybridized carbons (Fsp3) is 0.400. The third kappa shape index (κ3) is 26.1. The minimum atomic E-state index is 0.761. The summed E-state index contributed by atoms with van der Waals surface area (Å²) in [7, 11) is 0. The highest BCUT2D eigenvalue weighted by Gasteiger charge is 2.13. The van der Waals surface area contributed by atoms with E-state index in [1.165, 1.54) is 166 Å². The van der Waals surface area contributed by atoms with E-state index in [2.05, 4.69) is 169 Å². The van der Waals surface area contributed by atoms with Crippen LogP contribution in [0.4, 0.5) is 0 Å². The molecule has 9 aromatic carbocycles. The molecule has 9 aromatic rings. The molecule has 0 radical (unpaired) electrons. The predicted molar refractivity (Wildman–Crippen MR) is 404 cm³/mol. The summed E-state index contributed by atoms with van der Waals surface area (Å²) in [4.78, 5) is 0. The van der Waals surface area contributed by atoms with Gasteiger partial charge in [-0.3, -0.25) is 0 Å². The van der Waals surface area contributed by atoms with Crippen LogP contribution in [0.2, 0.25) is 0 Å². The number of nitrogens with one attached hydrogen (secondary N) is 1. The average molecular weight is 1330 g/mol. The molecule has 9 aliphatic rings. The number of aryl methyl sites for hydroxylation is 8. The molecule has 0 saturated heterocycles. The van der Waals surface area contributed by atoms with Crippen LogP contribution in [0.15, 0.2) is 218 Å². The molecule has 99 heavy (non-hydrogen) atoms. The van der Waals surface area contributed by atoms with Gasteiger partial charge in [-0.05, 0) is 226 Å². The highest BCUT2D eigenvalue weighted by atomic mass is 16.5. The number of hydrogen-bond acceptors (Lipinski definition) is 9. The summed E-state index contributed by atoms with van der Waals surface area (Å²) >= 11 is 0. The van der Waals surface area contributed by atoms with Crippen LogP contribution in [0.25, 0.3) is 0 Å². The maximum atomic E-state index is 5.55. The SMILES string of the molecule is c1ccc2c(c1)CCCCC2.c1ccc2c(c1)CCCCC2.c1ccc2c(c1)CCCCO2.c1ccc2c(c1)CCCCO2.c1ccc2c(c1)CCCOC2.c1ccc2c(c1)CCCOC2.c1ccc2c(c1)CCOCC2.c1ccc2c(c1)CNCCO2.c1ccc2c(c1)OCCCO2. The maximum Gasteiger partial charge on any atom is 0.161 e. The second kappa shape index (κ2) is 44.1. The van der Waals surface area contributed by atoms with Crippen LogP contribution in [0, 0.1) is 0 Å². The fourth-order valence-corrected chi connectivity index (χ4v) is 13.5. The summed E-state index contributed by atoms with van der Waals surface area (Å²) < 4.78 is 43.6. The van der Waals surface area contributed by atoms with Crippen LogP contribution < -0.4 is 29.0 Å². The van der Waals surface area contributed by atoms with Crippen molar-refractivity contribution in [2.45, 2.75) is 167 Å². The highest BCUT2D eigenvalue weighted by Crippen LogP contribution is 2.29. The van der Waals surface area contributed by atoms with E-state index in [0.717, 1.165) is 147 Å². The largest absolute Gasteiger partial charge is 0.493 e. The van der Waals surface area contributed by atoms with E-state index in [1.54, 1.807) is 22.3 Å². The van der Waals surface area contributed by atoms with Crippen molar-refractivity contribution >= 4 is 0 Å². The molecule has 0 unspecified atom stereocenters. The lowest BCUT2D eigenvalue weighted by Crippen LogP contribution is -2.16. The minimum absolute atomic E-state index is 0.761. The van der Waals surface area contributed by atoms with Gasteiger partial charge in [0, 0.05) is 38.3 Å². The second-order valence-electron chi connectivity index (χ2n) is 26.3. The van der Waals surface area contributed by atoms with Gasteiger partial charge in [-0.1, -0.05) is 201 Å². The molecule has 0 spiro atoms. The molecule has 0 atom stereocenters. The first kappa shape index (κ1) is 73.5. The number of para-hydroxylation sites is 5. The summed E-state index contributed by atoms with van der Waals surface area (Å²) in [5, 5.41) is 3.28. The molecule has 9 heteroatoms. The van der Waals surface area contributed by atoms with Crippen molar-refractivity contribution in [1.82, 2.24) is 5.32 Å². The molecule has 7 aliphatic heterocycles. The van der Waals surface area contributed by atoms with Gasteiger partial charge < -0.3 is 43.2 Å². The Balaban J connectivity index is 0.000000120. The Morgan fingerprint density at radius 1 is 0.182 bits per heavy atom. The van der Waals surface area contributed by atoms with E-state index in [4.69, 9.17) is 37.9 Å². The van der Waals surface area contributed by atoms with Crippen molar-refractivity contribution in [3.05, 3.63) is 291 Å². The van der Waals surface area contributed by atoms with Gasteiger partial charge in [0.2, 0.25) is 0 Å². The zero-order chi connectivity index (χ0) is 67.7. The van der Waals surface area contributed by atoms with E-state index < -0.39 is 0 Å². The highest BCUT2D eigenvalue weighted by molar-refractivity contribution is 5.40. The Morgan fingerprint density at radius 3 is 0.869 bits per heavy atom. The summed E-state index contributed by atoms with van der Waals surface area (Å²) in [5.41, 5.74) is 18.9. The zero-order valence-electron chi connectivity index (χ0n) is 59.0. The van der Waals surface area contributed by atoms with Gasteiger partial charge in [0.1, 0.15) is 23.9 Å². The van der Waals surface area contributed by atoms with Crippen LogP contribution >= 0.6 is 0 Å². The molecule has 7 heterocycles. The van der Waals surface area contributed by atoms with Gasteiger partial charge in [0.25, 0.3) is 0 Å². The number of ether oxygens (including phenoxy) is 8. The number of rotatable bonds is 0. The van der Waals surface area contributed by atoms with Gasteiger partial charge >= 0.3 is 0 Å². The first-order chi connectivity index (χ1) is 49.2. The molecule has 18 rings (SSSR count). The number of benzene rings is 9. The molecule has 0 aromatic heterocycles. The lowest BCUT2D eigenvalue weighted by Gasteiger charge is -2.04. The van der Waals surface area contributed by atoms with E-state index in [9.17, 15) is 0 Å². The monoisotopic (exact) mass is 1330 g/mol. The molecule has 1 N–H and O–H groups in total. The summed E-state index contributed by atoms with van der Waals surface area (Å²) in [6.45, 7) is 11.1. The minimum Gasteiger partial charge on any atom is -0.493 e. The Hall–Kier alpha value is -8.18.